The number of nitrogens with zero attached hydrogens (tertiary/aromatic N) is 2. The summed E-state index contributed by atoms with van der Waals surface area (Å²) in [5.41, 5.74) is 6.65. The SMILES string of the molecule is CCN(CC)C(C)c1nc(CCN)cs1. The molecule has 1 unspecified atom stereocenters. The molecule has 15 heavy (non-hydrogen) atoms. The average molecular weight is 227 g/mol. The summed E-state index contributed by atoms with van der Waals surface area (Å²) in [4.78, 5) is 7.02. The van der Waals surface area contributed by atoms with Gasteiger partial charge in [-0.3, -0.25) is 4.90 Å². The molecule has 0 saturated heterocycles. The molecule has 1 rings (SSSR count). The van der Waals surface area contributed by atoms with Gasteiger partial charge in [-0.15, -0.1) is 11.3 Å². The summed E-state index contributed by atoms with van der Waals surface area (Å²) >= 11 is 1.75. The van der Waals surface area contributed by atoms with E-state index in [2.05, 4.69) is 36.0 Å². The number of nitrogens with two attached hydrogens (primary N) is 1. The maximum atomic E-state index is 5.51. The normalized spacial score (nSPS) is 13.4. The molecule has 0 bridgehead atoms. The third-order valence-electron chi connectivity index (χ3n) is 2.69. The Kier molecular flexibility index (Phi) is 5.22. The Bertz CT molecular complexity index is 281. The molecule has 0 amide bonds. The summed E-state index contributed by atoms with van der Waals surface area (Å²) in [6.07, 6.45) is 0.890. The zero-order valence-electron chi connectivity index (χ0n) is 9.86. The van der Waals surface area contributed by atoms with Crippen LogP contribution in [0.15, 0.2) is 5.38 Å². The quantitative estimate of drug-likeness (QED) is 0.808. The highest BCUT2D eigenvalue weighted by atomic mass is 32.1. The van der Waals surface area contributed by atoms with Crippen molar-refractivity contribution in [1.29, 1.82) is 0 Å². The lowest BCUT2D eigenvalue weighted by molar-refractivity contribution is 0.234. The van der Waals surface area contributed by atoms with Crippen molar-refractivity contribution >= 4 is 11.3 Å². The largest absolute Gasteiger partial charge is 0.330 e. The second kappa shape index (κ2) is 6.20. The first-order valence-electron chi connectivity index (χ1n) is 5.61. The van der Waals surface area contributed by atoms with Gasteiger partial charge in [-0.1, -0.05) is 13.8 Å². The van der Waals surface area contributed by atoms with E-state index in [1.165, 1.54) is 5.01 Å². The molecule has 3 nitrogen and oxygen atoms in total. The topological polar surface area (TPSA) is 42.2 Å². The van der Waals surface area contributed by atoms with Crippen molar-refractivity contribution in [2.75, 3.05) is 19.6 Å². The molecule has 0 aliphatic heterocycles. The highest BCUT2D eigenvalue weighted by Crippen LogP contribution is 2.23. The summed E-state index contributed by atoms with van der Waals surface area (Å²) in [6, 6.07) is 0.427. The molecule has 0 spiro atoms. The van der Waals surface area contributed by atoms with Crippen LogP contribution in [-0.2, 0) is 6.42 Å². The standard InChI is InChI=1S/C11H21N3S/c1-4-14(5-2)9(3)11-13-10(6-7-12)8-15-11/h8-9H,4-7,12H2,1-3H3. The zero-order chi connectivity index (χ0) is 11.3. The third-order valence-corrected chi connectivity index (χ3v) is 3.75. The summed E-state index contributed by atoms with van der Waals surface area (Å²) in [7, 11) is 0. The van der Waals surface area contributed by atoms with Gasteiger partial charge < -0.3 is 5.73 Å². The van der Waals surface area contributed by atoms with Crippen LogP contribution in [0.4, 0.5) is 0 Å². The number of hydrogen-bond donors (Lipinski definition) is 1. The number of aromatic nitrogens is 1. The minimum Gasteiger partial charge on any atom is -0.330 e. The van der Waals surface area contributed by atoms with E-state index in [0.717, 1.165) is 25.2 Å². The van der Waals surface area contributed by atoms with Crippen LogP contribution in [0.25, 0.3) is 0 Å². The Balaban J connectivity index is 2.68. The molecule has 0 aliphatic carbocycles. The minimum absolute atomic E-state index is 0.427. The van der Waals surface area contributed by atoms with Crippen molar-refractivity contribution < 1.29 is 0 Å². The van der Waals surface area contributed by atoms with E-state index in [9.17, 15) is 0 Å². The fourth-order valence-corrected chi connectivity index (χ4v) is 2.65. The number of hydrogen-bond acceptors (Lipinski definition) is 4. The van der Waals surface area contributed by atoms with Gasteiger partial charge in [-0.05, 0) is 26.6 Å². The highest BCUT2D eigenvalue weighted by molar-refractivity contribution is 7.09. The molecule has 86 valence electrons. The molecular formula is C11H21N3S. The highest BCUT2D eigenvalue weighted by Gasteiger charge is 2.15. The zero-order valence-corrected chi connectivity index (χ0v) is 10.7. The van der Waals surface area contributed by atoms with E-state index in [1.807, 2.05) is 0 Å². The van der Waals surface area contributed by atoms with Crippen LogP contribution in [0.3, 0.4) is 0 Å². The van der Waals surface area contributed by atoms with Crippen LogP contribution < -0.4 is 5.73 Å². The first-order chi connectivity index (χ1) is 7.22. The number of thiazole rings is 1. The van der Waals surface area contributed by atoms with Crippen LogP contribution in [-0.4, -0.2) is 29.5 Å². The second-order valence-corrected chi connectivity index (χ2v) is 4.50. The van der Waals surface area contributed by atoms with Crippen molar-refractivity contribution in [3.63, 3.8) is 0 Å². The molecule has 0 saturated carbocycles. The maximum Gasteiger partial charge on any atom is 0.110 e. The van der Waals surface area contributed by atoms with Gasteiger partial charge in [0.1, 0.15) is 5.01 Å². The van der Waals surface area contributed by atoms with Crippen LogP contribution >= 0.6 is 11.3 Å². The van der Waals surface area contributed by atoms with Crippen LogP contribution in [0, 0.1) is 0 Å². The Morgan fingerprint density at radius 1 is 1.47 bits per heavy atom. The smallest absolute Gasteiger partial charge is 0.110 e. The van der Waals surface area contributed by atoms with Gasteiger partial charge in [-0.2, -0.15) is 0 Å². The third kappa shape index (κ3) is 3.26. The molecule has 0 fully saturated rings. The molecule has 1 aromatic heterocycles. The number of rotatable bonds is 6. The first-order valence-corrected chi connectivity index (χ1v) is 6.49. The van der Waals surface area contributed by atoms with Crippen LogP contribution in [0.2, 0.25) is 0 Å². The molecule has 1 atom stereocenters. The van der Waals surface area contributed by atoms with Crippen molar-refractivity contribution in [3.8, 4) is 0 Å². The van der Waals surface area contributed by atoms with Gasteiger partial charge in [0.2, 0.25) is 0 Å². The Hall–Kier alpha value is -0.450. The molecule has 0 aliphatic rings. The minimum atomic E-state index is 0.427. The molecule has 2 N–H and O–H groups in total. The Morgan fingerprint density at radius 2 is 2.13 bits per heavy atom. The monoisotopic (exact) mass is 227 g/mol. The summed E-state index contributed by atoms with van der Waals surface area (Å²) in [6.45, 7) is 9.43. The Labute approximate surface area is 96.3 Å². The summed E-state index contributed by atoms with van der Waals surface area (Å²) in [5, 5.41) is 3.34. The van der Waals surface area contributed by atoms with Gasteiger partial charge in [-0.25, -0.2) is 4.98 Å². The van der Waals surface area contributed by atoms with Crippen molar-refractivity contribution in [2.24, 2.45) is 5.73 Å². The maximum absolute atomic E-state index is 5.51. The lowest BCUT2D eigenvalue weighted by Gasteiger charge is -2.24. The molecule has 1 aromatic rings. The van der Waals surface area contributed by atoms with Gasteiger partial charge in [0.05, 0.1) is 11.7 Å². The van der Waals surface area contributed by atoms with Gasteiger partial charge in [0.15, 0.2) is 0 Å². The Morgan fingerprint density at radius 3 is 2.67 bits per heavy atom. The summed E-state index contributed by atoms with van der Waals surface area (Å²) in [5.74, 6) is 0. The van der Waals surface area contributed by atoms with E-state index in [-0.39, 0.29) is 0 Å². The molecular weight excluding hydrogens is 206 g/mol. The van der Waals surface area contributed by atoms with E-state index in [0.29, 0.717) is 12.6 Å². The fourth-order valence-electron chi connectivity index (χ4n) is 1.70. The van der Waals surface area contributed by atoms with Crippen LogP contribution in [0.1, 0.15) is 37.5 Å². The second-order valence-electron chi connectivity index (χ2n) is 3.61. The predicted molar refractivity (Wildman–Crippen MR) is 66.2 cm³/mol. The van der Waals surface area contributed by atoms with E-state index in [4.69, 9.17) is 5.73 Å². The molecule has 4 heteroatoms. The van der Waals surface area contributed by atoms with E-state index in [1.54, 1.807) is 11.3 Å². The summed E-state index contributed by atoms with van der Waals surface area (Å²) < 4.78 is 0. The lowest BCUT2D eigenvalue weighted by Crippen LogP contribution is -2.26. The van der Waals surface area contributed by atoms with Gasteiger partial charge in [0.25, 0.3) is 0 Å². The average Bonchev–Trinajstić information content (AvgIpc) is 2.68. The van der Waals surface area contributed by atoms with Crippen molar-refractivity contribution in [1.82, 2.24) is 9.88 Å². The molecule has 0 aromatic carbocycles. The van der Waals surface area contributed by atoms with Gasteiger partial charge >= 0.3 is 0 Å². The molecule has 0 radical (unpaired) electrons. The first kappa shape index (κ1) is 12.6. The van der Waals surface area contributed by atoms with E-state index < -0.39 is 0 Å². The van der Waals surface area contributed by atoms with Crippen molar-refractivity contribution in [3.05, 3.63) is 16.1 Å². The van der Waals surface area contributed by atoms with E-state index >= 15 is 0 Å². The lowest BCUT2D eigenvalue weighted by atomic mass is 10.3. The fraction of sp³-hybridized carbons (Fsp3) is 0.727. The molecule has 1 heterocycles. The predicted octanol–water partition coefficient (Wildman–Crippen LogP) is 2.05. The van der Waals surface area contributed by atoms with Crippen molar-refractivity contribution in [2.45, 2.75) is 33.2 Å². The van der Waals surface area contributed by atoms with Gasteiger partial charge in [0, 0.05) is 11.8 Å². The van der Waals surface area contributed by atoms with Crippen LogP contribution in [0.5, 0.6) is 0 Å².